The minimum atomic E-state index is 0.115. The third-order valence-corrected chi connectivity index (χ3v) is 5.15. The van der Waals surface area contributed by atoms with Crippen molar-refractivity contribution in [2.45, 2.75) is 38.8 Å². The van der Waals surface area contributed by atoms with Gasteiger partial charge in [0, 0.05) is 36.0 Å². The number of hydrogen-bond donors (Lipinski definition) is 1. The second-order valence-corrected chi connectivity index (χ2v) is 8.05. The van der Waals surface area contributed by atoms with Crippen molar-refractivity contribution in [2.24, 2.45) is 0 Å². The van der Waals surface area contributed by atoms with Crippen LogP contribution in [0.1, 0.15) is 32.0 Å². The van der Waals surface area contributed by atoms with Crippen LogP contribution in [-0.2, 0) is 6.54 Å². The lowest BCUT2D eigenvalue weighted by molar-refractivity contribution is 0.291. The topological polar surface area (TPSA) is 95.1 Å². The monoisotopic (exact) mass is 424 g/mol. The number of ether oxygens (including phenoxy) is 1. The largest absolute Gasteiger partial charge is 0.478 e. The van der Waals surface area contributed by atoms with Gasteiger partial charge in [0.1, 0.15) is 5.82 Å². The van der Waals surface area contributed by atoms with E-state index in [0.717, 1.165) is 29.1 Å². The summed E-state index contributed by atoms with van der Waals surface area (Å²) in [4.78, 5) is 8.91. The Morgan fingerprint density at radius 1 is 1.30 bits per heavy atom. The highest BCUT2D eigenvalue weighted by Gasteiger charge is 2.25. The minimum absolute atomic E-state index is 0.115. The zero-order valence-electron chi connectivity index (χ0n) is 16.7. The van der Waals surface area contributed by atoms with Crippen LogP contribution < -0.4 is 10.1 Å². The van der Waals surface area contributed by atoms with Crippen LogP contribution in [0.3, 0.4) is 0 Å². The zero-order chi connectivity index (χ0) is 20.7. The first kappa shape index (κ1) is 18.8. The van der Waals surface area contributed by atoms with E-state index in [4.69, 9.17) is 16.3 Å². The molecule has 154 valence electrons. The Kier molecular flexibility index (Phi) is 4.74. The molecule has 0 saturated heterocycles. The number of pyridine rings is 1. The van der Waals surface area contributed by atoms with Crippen molar-refractivity contribution in [1.29, 1.82) is 0 Å². The quantitative estimate of drug-likeness (QED) is 0.524. The van der Waals surface area contributed by atoms with E-state index in [1.165, 1.54) is 0 Å². The molecule has 0 bridgehead atoms. The van der Waals surface area contributed by atoms with Gasteiger partial charge in [-0.1, -0.05) is 11.6 Å². The average molecular weight is 425 g/mol. The van der Waals surface area contributed by atoms with Crippen LogP contribution in [0.4, 0.5) is 5.95 Å². The lowest BCUT2D eigenvalue weighted by atomic mass is 10.1. The molecule has 1 aliphatic heterocycles. The van der Waals surface area contributed by atoms with Crippen LogP contribution >= 0.6 is 11.6 Å². The van der Waals surface area contributed by atoms with Crippen molar-refractivity contribution in [3.63, 3.8) is 0 Å². The van der Waals surface area contributed by atoms with Crippen molar-refractivity contribution < 1.29 is 4.74 Å². The van der Waals surface area contributed by atoms with Gasteiger partial charge in [0.05, 0.1) is 30.1 Å². The van der Waals surface area contributed by atoms with Crippen molar-refractivity contribution >= 4 is 23.2 Å². The molecular weight excluding hydrogens is 404 g/mol. The first-order chi connectivity index (χ1) is 14.6. The standard InChI is InChI=1S/C20H21ClN8O/c1-12(2)24-20-22-5-3-16(25-20)14-7-17-26-27-19-13(10-28-11-15(21)9-23-28)4-6-30-18(8-14)29(17)19/h3,5,7-9,11-13H,4,6,10H2,1-2H3,(H,22,24,25). The summed E-state index contributed by atoms with van der Waals surface area (Å²) in [5.74, 6) is 2.28. The molecule has 5 heterocycles. The highest BCUT2D eigenvalue weighted by Crippen LogP contribution is 2.32. The van der Waals surface area contributed by atoms with Gasteiger partial charge in [0.25, 0.3) is 0 Å². The maximum absolute atomic E-state index is 6.08. The predicted octanol–water partition coefficient (Wildman–Crippen LogP) is 3.42. The van der Waals surface area contributed by atoms with Crippen LogP contribution in [0.25, 0.3) is 16.9 Å². The number of nitrogens with zero attached hydrogens (tertiary/aromatic N) is 7. The number of aromatic nitrogens is 7. The van der Waals surface area contributed by atoms with Crippen LogP contribution in [-0.4, -0.2) is 47.0 Å². The first-order valence-corrected chi connectivity index (χ1v) is 10.2. The van der Waals surface area contributed by atoms with Crippen LogP contribution in [0.2, 0.25) is 5.02 Å². The van der Waals surface area contributed by atoms with Gasteiger partial charge in [0.15, 0.2) is 5.65 Å². The molecule has 0 saturated carbocycles. The summed E-state index contributed by atoms with van der Waals surface area (Å²) in [7, 11) is 0. The van der Waals surface area contributed by atoms with Gasteiger partial charge >= 0.3 is 0 Å². The molecule has 4 aromatic rings. The molecule has 0 radical (unpaired) electrons. The summed E-state index contributed by atoms with van der Waals surface area (Å²) in [6.07, 6.45) is 6.00. The molecule has 0 spiro atoms. The third kappa shape index (κ3) is 3.56. The molecule has 0 amide bonds. The minimum Gasteiger partial charge on any atom is -0.478 e. The fourth-order valence-corrected chi connectivity index (χ4v) is 3.80. The first-order valence-electron chi connectivity index (χ1n) is 9.86. The zero-order valence-corrected chi connectivity index (χ0v) is 17.4. The number of nitrogens with one attached hydrogen (secondary N) is 1. The summed E-state index contributed by atoms with van der Waals surface area (Å²) in [5, 5.41) is 17.0. The van der Waals surface area contributed by atoms with E-state index in [9.17, 15) is 0 Å². The second-order valence-electron chi connectivity index (χ2n) is 7.61. The summed E-state index contributed by atoms with van der Waals surface area (Å²) < 4.78 is 9.88. The second kappa shape index (κ2) is 7.56. The van der Waals surface area contributed by atoms with Crippen LogP contribution in [0, 0.1) is 0 Å². The summed E-state index contributed by atoms with van der Waals surface area (Å²) in [6.45, 7) is 5.34. The predicted molar refractivity (Wildman–Crippen MR) is 113 cm³/mol. The maximum atomic E-state index is 6.08. The Hall–Kier alpha value is -3.20. The van der Waals surface area contributed by atoms with E-state index in [0.29, 0.717) is 30.0 Å². The molecule has 4 aromatic heterocycles. The van der Waals surface area contributed by atoms with Gasteiger partial charge in [0.2, 0.25) is 11.8 Å². The van der Waals surface area contributed by atoms with Gasteiger partial charge in [-0.15, -0.1) is 10.2 Å². The van der Waals surface area contributed by atoms with Gasteiger partial charge in [-0.2, -0.15) is 5.10 Å². The summed E-state index contributed by atoms with van der Waals surface area (Å²) in [5.41, 5.74) is 2.43. The fraction of sp³-hybridized carbons (Fsp3) is 0.350. The maximum Gasteiger partial charge on any atom is 0.223 e. The van der Waals surface area contributed by atoms with Gasteiger partial charge in [-0.05, 0) is 32.4 Å². The van der Waals surface area contributed by atoms with Crippen LogP contribution in [0.5, 0.6) is 5.88 Å². The number of rotatable bonds is 5. The highest BCUT2D eigenvalue weighted by atomic mass is 35.5. The van der Waals surface area contributed by atoms with E-state index >= 15 is 0 Å². The van der Waals surface area contributed by atoms with Gasteiger partial charge < -0.3 is 10.1 Å². The Morgan fingerprint density at radius 2 is 2.20 bits per heavy atom. The molecule has 1 unspecified atom stereocenters. The normalized spacial score (nSPS) is 15.9. The number of hydrogen-bond acceptors (Lipinski definition) is 7. The van der Waals surface area contributed by atoms with Crippen LogP contribution in [0.15, 0.2) is 36.8 Å². The van der Waals surface area contributed by atoms with E-state index in [1.807, 2.05) is 33.5 Å². The molecule has 1 N–H and O–H groups in total. The Labute approximate surface area is 178 Å². The molecule has 0 fully saturated rings. The van der Waals surface area contributed by atoms with E-state index < -0.39 is 0 Å². The molecule has 30 heavy (non-hydrogen) atoms. The molecule has 0 aromatic carbocycles. The van der Waals surface area contributed by atoms with Crippen molar-refractivity contribution in [2.75, 3.05) is 11.9 Å². The Balaban J connectivity index is 1.52. The molecule has 9 nitrogen and oxygen atoms in total. The van der Waals surface area contributed by atoms with Crippen molar-refractivity contribution in [1.82, 2.24) is 34.3 Å². The van der Waals surface area contributed by atoms with Crippen molar-refractivity contribution in [3.8, 4) is 17.1 Å². The molecule has 1 atom stereocenters. The number of halogens is 1. The Bertz CT molecular complexity index is 1200. The Morgan fingerprint density at radius 3 is 3.00 bits per heavy atom. The fourth-order valence-electron chi connectivity index (χ4n) is 3.64. The molecule has 0 aliphatic carbocycles. The highest BCUT2D eigenvalue weighted by molar-refractivity contribution is 6.30. The van der Waals surface area contributed by atoms with E-state index in [1.54, 1.807) is 12.4 Å². The van der Waals surface area contributed by atoms with Gasteiger partial charge in [-0.3, -0.25) is 4.68 Å². The molecule has 1 aliphatic rings. The SMILES string of the molecule is CC(C)Nc1nccc(-c2cc3n4c(nnc4c2)C(Cn2cc(Cl)cn2)CCO3)n1. The lowest BCUT2D eigenvalue weighted by Gasteiger charge is -2.12. The molecule has 5 rings (SSSR count). The molecular formula is C20H21ClN8O. The average Bonchev–Trinajstić information content (AvgIpc) is 3.28. The molecule has 10 heteroatoms. The third-order valence-electron chi connectivity index (χ3n) is 4.96. The van der Waals surface area contributed by atoms with Crippen molar-refractivity contribution in [3.05, 3.63) is 47.6 Å². The van der Waals surface area contributed by atoms with Gasteiger partial charge in [-0.25, -0.2) is 14.4 Å². The van der Waals surface area contributed by atoms with E-state index in [2.05, 4.69) is 44.4 Å². The van der Waals surface area contributed by atoms with E-state index in [-0.39, 0.29) is 12.0 Å². The lowest BCUT2D eigenvalue weighted by Crippen LogP contribution is -2.13. The summed E-state index contributed by atoms with van der Waals surface area (Å²) in [6, 6.07) is 6.07. The summed E-state index contributed by atoms with van der Waals surface area (Å²) >= 11 is 6.01. The smallest absolute Gasteiger partial charge is 0.223 e. The number of anilines is 1.